The molecule has 1 N–H and O–H groups in total. The van der Waals surface area contributed by atoms with Crippen LogP contribution < -0.4 is 5.32 Å². The number of ether oxygens (including phenoxy) is 1. The third-order valence-corrected chi connectivity index (χ3v) is 4.97. The molecule has 1 atom stereocenters. The van der Waals surface area contributed by atoms with Gasteiger partial charge in [0.2, 0.25) is 5.91 Å². The van der Waals surface area contributed by atoms with E-state index in [2.05, 4.69) is 12.2 Å². The van der Waals surface area contributed by atoms with Crippen LogP contribution in [0.15, 0.2) is 24.3 Å². The van der Waals surface area contributed by atoms with Crippen LogP contribution in [0.3, 0.4) is 0 Å². The lowest BCUT2D eigenvalue weighted by Gasteiger charge is -2.51. The van der Waals surface area contributed by atoms with Gasteiger partial charge >= 0.3 is 0 Å². The number of rotatable bonds is 2. The Morgan fingerprint density at radius 2 is 1.95 bits per heavy atom. The number of carbonyl (C=O) groups excluding carboxylic acids is 1. The Bertz CT molecular complexity index is 492. The smallest absolute Gasteiger partial charge is 0.232 e. The van der Waals surface area contributed by atoms with E-state index in [-0.39, 0.29) is 17.4 Å². The summed E-state index contributed by atoms with van der Waals surface area (Å²) in [7, 11) is 0. The van der Waals surface area contributed by atoms with Gasteiger partial charge in [-0.1, -0.05) is 18.5 Å². The molecule has 0 bridgehead atoms. The van der Waals surface area contributed by atoms with Gasteiger partial charge in [0.1, 0.15) is 0 Å². The Morgan fingerprint density at radius 1 is 1.30 bits per heavy atom. The van der Waals surface area contributed by atoms with Gasteiger partial charge in [0.15, 0.2) is 0 Å². The molecular formula is C16H20ClNO2. The average molecular weight is 294 g/mol. The lowest BCUT2D eigenvalue weighted by molar-refractivity contribution is -0.218. The number of hydrogen-bond acceptors (Lipinski definition) is 2. The maximum absolute atomic E-state index is 12.4. The highest BCUT2D eigenvalue weighted by atomic mass is 35.5. The number of amides is 1. The van der Waals surface area contributed by atoms with E-state index in [0.717, 1.165) is 37.3 Å². The van der Waals surface area contributed by atoms with Gasteiger partial charge in [-0.05, 0) is 55.9 Å². The van der Waals surface area contributed by atoms with Crippen LogP contribution in [0.25, 0.3) is 0 Å². The molecule has 2 aliphatic rings. The van der Waals surface area contributed by atoms with Crippen molar-refractivity contribution >= 4 is 23.2 Å². The van der Waals surface area contributed by atoms with Crippen LogP contribution in [0.5, 0.6) is 0 Å². The molecule has 2 fully saturated rings. The number of hydrogen-bond donors (Lipinski definition) is 1. The second kappa shape index (κ2) is 5.38. The molecule has 0 aromatic heterocycles. The molecule has 0 radical (unpaired) electrons. The molecule has 1 amide bonds. The molecule has 1 aliphatic carbocycles. The number of nitrogens with one attached hydrogen (secondary N) is 1. The van der Waals surface area contributed by atoms with Crippen molar-refractivity contribution in [2.45, 2.75) is 38.2 Å². The van der Waals surface area contributed by atoms with Gasteiger partial charge in [-0.2, -0.15) is 0 Å². The van der Waals surface area contributed by atoms with E-state index in [4.69, 9.17) is 16.3 Å². The van der Waals surface area contributed by atoms with Crippen LogP contribution >= 0.6 is 11.6 Å². The number of carbonyl (C=O) groups is 1. The van der Waals surface area contributed by atoms with Gasteiger partial charge in [-0.25, -0.2) is 0 Å². The van der Waals surface area contributed by atoms with E-state index in [9.17, 15) is 4.79 Å². The first-order valence-electron chi connectivity index (χ1n) is 7.29. The second-order valence-electron chi connectivity index (χ2n) is 6.11. The predicted octanol–water partition coefficient (Wildman–Crippen LogP) is 3.87. The summed E-state index contributed by atoms with van der Waals surface area (Å²) in [5, 5.41) is 3.65. The first-order valence-corrected chi connectivity index (χ1v) is 7.67. The van der Waals surface area contributed by atoms with Gasteiger partial charge < -0.3 is 10.1 Å². The van der Waals surface area contributed by atoms with E-state index in [0.29, 0.717) is 11.6 Å². The van der Waals surface area contributed by atoms with Crippen molar-refractivity contribution < 1.29 is 9.53 Å². The average Bonchev–Trinajstić information content (AvgIpc) is 2.41. The molecule has 1 spiro atoms. The summed E-state index contributed by atoms with van der Waals surface area (Å²) >= 11 is 5.85. The largest absolute Gasteiger partial charge is 0.373 e. The fraction of sp³-hybridized carbons (Fsp3) is 0.562. The molecule has 4 heteroatoms. The van der Waals surface area contributed by atoms with E-state index < -0.39 is 0 Å². The summed E-state index contributed by atoms with van der Waals surface area (Å²) in [6.45, 7) is 2.82. The van der Waals surface area contributed by atoms with Gasteiger partial charge in [0.05, 0.1) is 18.1 Å². The van der Waals surface area contributed by atoms with Gasteiger partial charge in [0, 0.05) is 10.7 Å². The van der Waals surface area contributed by atoms with Crippen LogP contribution in [-0.2, 0) is 9.53 Å². The maximum atomic E-state index is 12.4. The Hall–Kier alpha value is -1.06. The SMILES string of the molecule is CC1CCC2(CC1)OCC2C(=O)Nc1ccc(Cl)cc1. The molecule has 108 valence electrons. The summed E-state index contributed by atoms with van der Waals surface area (Å²) in [5.41, 5.74) is 0.605. The van der Waals surface area contributed by atoms with Crippen molar-refractivity contribution in [1.29, 1.82) is 0 Å². The van der Waals surface area contributed by atoms with Crippen molar-refractivity contribution in [2.24, 2.45) is 11.8 Å². The fourth-order valence-electron chi connectivity index (χ4n) is 3.22. The van der Waals surface area contributed by atoms with Gasteiger partial charge in [-0.15, -0.1) is 0 Å². The third kappa shape index (κ3) is 2.57. The summed E-state index contributed by atoms with van der Waals surface area (Å²) in [6, 6.07) is 7.23. The highest BCUT2D eigenvalue weighted by Gasteiger charge is 2.53. The Labute approximate surface area is 124 Å². The summed E-state index contributed by atoms with van der Waals surface area (Å²) in [5.74, 6) is 0.823. The van der Waals surface area contributed by atoms with Crippen LogP contribution in [-0.4, -0.2) is 18.1 Å². The monoisotopic (exact) mass is 293 g/mol. The zero-order chi connectivity index (χ0) is 14.2. The normalized spacial score (nSPS) is 32.7. The standard InChI is InChI=1S/C16H20ClNO2/c1-11-6-8-16(9-7-11)14(10-20-16)15(19)18-13-4-2-12(17)3-5-13/h2-5,11,14H,6-10H2,1H3,(H,18,19). The van der Waals surface area contributed by atoms with Crippen molar-refractivity contribution in [1.82, 2.24) is 0 Å². The predicted molar refractivity (Wildman–Crippen MR) is 79.9 cm³/mol. The van der Waals surface area contributed by atoms with Crippen LogP contribution in [0.2, 0.25) is 5.02 Å². The molecule has 1 saturated heterocycles. The highest BCUT2D eigenvalue weighted by molar-refractivity contribution is 6.30. The van der Waals surface area contributed by atoms with Gasteiger partial charge in [0.25, 0.3) is 0 Å². The number of benzene rings is 1. The Morgan fingerprint density at radius 3 is 2.50 bits per heavy atom. The van der Waals surface area contributed by atoms with E-state index in [1.54, 1.807) is 12.1 Å². The molecule has 1 aliphatic heterocycles. The van der Waals surface area contributed by atoms with E-state index in [1.165, 1.54) is 0 Å². The molecule has 1 heterocycles. The van der Waals surface area contributed by atoms with Crippen molar-refractivity contribution in [3.05, 3.63) is 29.3 Å². The Balaban J connectivity index is 1.64. The topological polar surface area (TPSA) is 38.3 Å². The fourth-order valence-corrected chi connectivity index (χ4v) is 3.35. The molecule has 20 heavy (non-hydrogen) atoms. The number of anilines is 1. The molecule has 1 unspecified atom stereocenters. The van der Waals surface area contributed by atoms with Crippen LogP contribution in [0, 0.1) is 11.8 Å². The minimum Gasteiger partial charge on any atom is -0.373 e. The lowest BCUT2D eigenvalue weighted by atomic mass is 9.69. The first-order chi connectivity index (χ1) is 9.59. The van der Waals surface area contributed by atoms with E-state index in [1.807, 2.05) is 12.1 Å². The molecule has 1 aromatic rings. The second-order valence-corrected chi connectivity index (χ2v) is 6.54. The Kier molecular flexibility index (Phi) is 3.74. The lowest BCUT2D eigenvalue weighted by Crippen LogP contribution is -2.59. The van der Waals surface area contributed by atoms with Crippen molar-refractivity contribution in [2.75, 3.05) is 11.9 Å². The molecule has 3 nitrogen and oxygen atoms in total. The van der Waals surface area contributed by atoms with Gasteiger partial charge in [-0.3, -0.25) is 4.79 Å². The minimum atomic E-state index is -0.191. The van der Waals surface area contributed by atoms with Crippen molar-refractivity contribution in [3.8, 4) is 0 Å². The molecule has 1 aromatic carbocycles. The van der Waals surface area contributed by atoms with E-state index >= 15 is 0 Å². The molecular weight excluding hydrogens is 274 g/mol. The van der Waals surface area contributed by atoms with Crippen molar-refractivity contribution in [3.63, 3.8) is 0 Å². The van der Waals surface area contributed by atoms with Crippen LogP contribution in [0.1, 0.15) is 32.6 Å². The maximum Gasteiger partial charge on any atom is 0.232 e. The van der Waals surface area contributed by atoms with Crippen LogP contribution in [0.4, 0.5) is 5.69 Å². The summed E-state index contributed by atoms with van der Waals surface area (Å²) in [6.07, 6.45) is 4.33. The molecule has 3 rings (SSSR count). The highest BCUT2D eigenvalue weighted by Crippen LogP contribution is 2.46. The third-order valence-electron chi connectivity index (χ3n) is 4.72. The summed E-state index contributed by atoms with van der Waals surface area (Å²) in [4.78, 5) is 12.4. The zero-order valence-electron chi connectivity index (χ0n) is 11.7. The quantitative estimate of drug-likeness (QED) is 0.899. The number of halogens is 1. The summed E-state index contributed by atoms with van der Waals surface area (Å²) < 4.78 is 5.82. The first kappa shape index (κ1) is 13.9. The molecule has 1 saturated carbocycles. The minimum absolute atomic E-state index is 0.00863. The zero-order valence-corrected chi connectivity index (χ0v) is 12.5.